The summed E-state index contributed by atoms with van der Waals surface area (Å²) >= 11 is 0. The molecule has 0 spiro atoms. The van der Waals surface area contributed by atoms with Crippen LogP contribution in [0.15, 0.2) is 23.1 Å². The average molecular weight is 317 g/mol. The first-order valence-corrected chi connectivity index (χ1v) is 8.09. The molecule has 0 aliphatic carbocycles. The molecule has 0 fully saturated rings. The van der Waals surface area contributed by atoms with Crippen LogP contribution in [-0.2, 0) is 21.4 Å². The van der Waals surface area contributed by atoms with Crippen LogP contribution in [0.1, 0.15) is 25.8 Å². The lowest BCUT2D eigenvalue weighted by atomic mass is 10.2. The molecule has 8 heteroatoms. The van der Waals surface area contributed by atoms with Gasteiger partial charge in [-0.05, 0) is 25.5 Å². The highest BCUT2D eigenvalue weighted by molar-refractivity contribution is 7.89. The maximum absolute atomic E-state index is 13.6. The van der Waals surface area contributed by atoms with Crippen LogP contribution < -0.4 is 15.8 Å². The summed E-state index contributed by atoms with van der Waals surface area (Å²) in [5, 5.41) is 2.58. The molecule has 1 amide bonds. The Bertz CT molecular complexity index is 605. The van der Waals surface area contributed by atoms with Crippen molar-refractivity contribution in [2.45, 2.75) is 37.8 Å². The number of benzene rings is 1. The van der Waals surface area contributed by atoms with Crippen LogP contribution in [0.25, 0.3) is 0 Å². The number of halogens is 1. The van der Waals surface area contributed by atoms with Gasteiger partial charge in [-0.15, -0.1) is 0 Å². The molecule has 0 radical (unpaired) electrons. The number of nitrogens with two attached hydrogens (primary N) is 1. The van der Waals surface area contributed by atoms with E-state index in [1.807, 2.05) is 6.92 Å². The smallest absolute Gasteiger partial charge is 0.241 e. The van der Waals surface area contributed by atoms with E-state index in [1.165, 1.54) is 19.1 Å². The van der Waals surface area contributed by atoms with Crippen molar-refractivity contribution < 1.29 is 17.6 Å². The third kappa shape index (κ3) is 4.48. The first-order valence-electron chi connectivity index (χ1n) is 6.61. The molecule has 118 valence electrons. The zero-order valence-electron chi connectivity index (χ0n) is 12.0. The van der Waals surface area contributed by atoms with E-state index in [1.54, 1.807) is 0 Å². The molecular formula is C13H20FN3O3S. The van der Waals surface area contributed by atoms with Crippen LogP contribution in [0.4, 0.5) is 4.39 Å². The molecule has 0 aromatic heterocycles. The number of sulfonamides is 1. The number of nitrogens with one attached hydrogen (secondary N) is 2. The summed E-state index contributed by atoms with van der Waals surface area (Å²) in [6.45, 7) is 3.51. The third-order valence-electron chi connectivity index (χ3n) is 2.84. The zero-order valence-corrected chi connectivity index (χ0v) is 12.8. The van der Waals surface area contributed by atoms with Gasteiger partial charge in [-0.3, -0.25) is 4.79 Å². The van der Waals surface area contributed by atoms with E-state index >= 15 is 0 Å². The van der Waals surface area contributed by atoms with Gasteiger partial charge in [0, 0.05) is 18.7 Å². The van der Waals surface area contributed by atoms with Crippen LogP contribution in [0.3, 0.4) is 0 Å². The Balaban J connectivity index is 2.97. The van der Waals surface area contributed by atoms with Crippen LogP contribution in [0.2, 0.25) is 0 Å². The van der Waals surface area contributed by atoms with Crippen molar-refractivity contribution in [3.05, 3.63) is 29.6 Å². The van der Waals surface area contributed by atoms with Gasteiger partial charge in [0.25, 0.3) is 0 Å². The summed E-state index contributed by atoms with van der Waals surface area (Å²) < 4.78 is 40.3. The molecule has 1 atom stereocenters. The van der Waals surface area contributed by atoms with Crippen molar-refractivity contribution in [3.63, 3.8) is 0 Å². The molecular weight excluding hydrogens is 297 g/mol. The Kier molecular flexibility index (Phi) is 6.25. The van der Waals surface area contributed by atoms with E-state index in [-0.39, 0.29) is 17.0 Å². The fourth-order valence-corrected chi connectivity index (χ4v) is 3.20. The third-order valence-corrected chi connectivity index (χ3v) is 4.47. The average Bonchev–Trinajstić information content (AvgIpc) is 2.43. The highest BCUT2D eigenvalue weighted by Gasteiger charge is 2.25. The second-order valence-corrected chi connectivity index (χ2v) is 6.24. The van der Waals surface area contributed by atoms with E-state index in [2.05, 4.69) is 10.0 Å². The van der Waals surface area contributed by atoms with Gasteiger partial charge in [-0.2, -0.15) is 4.72 Å². The molecule has 4 N–H and O–H groups in total. The Morgan fingerprint density at radius 3 is 2.67 bits per heavy atom. The van der Waals surface area contributed by atoms with Crippen molar-refractivity contribution in [1.82, 2.24) is 10.0 Å². The van der Waals surface area contributed by atoms with Crippen LogP contribution in [0.5, 0.6) is 0 Å². The summed E-state index contributed by atoms with van der Waals surface area (Å²) in [6.07, 6.45) is 0.742. The van der Waals surface area contributed by atoms with Gasteiger partial charge >= 0.3 is 0 Å². The van der Waals surface area contributed by atoms with E-state index in [0.29, 0.717) is 6.54 Å². The number of carbonyl (C=O) groups excluding carboxylic acids is 1. The first-order chi connectivity index (χ1) is 9.83. The summed E-state index contributed by atoms with van der Waals surface area (Å²) in [7, 11) is -4.03. The molecule has 0 heterocycles. The minimum absolute atomic E-state index is 0.105. The molecule has 0 aliphatic rings. The minimum Gasteiger partial charge on any atom is -0.355 e. The predicted molar refractivity (Wildman–Crippen MR) is 77.4 cm³/mol. The van der Waals surface area contributed by atoms with E-state index in [4.69, 9.17) is 5.73 Å². The van der Waals surface area contributed by atoms with Crippen molar-refractivity contribution in [3.8, 4) is 0 Å². The van der Waals surface area contributed by atoms with Gasteiger partial charge in [-0.1, -0.05) is 13.0 Å². The van der Waals surface area contributed by atoms with Crippen LogP contribution >= 0.6 is 0 Å². The Hall–Kier alpha value is -1.51. The van der Waals surface area contributed by atoms with Gasteiger partial charge in [0.15, 0.2) is 0 Å². The largest absolute Gasteiger partial charge is 0.355 e. The van der Waals surface area contributed by atoms with E-state index in [9.17, 15) is 17.6 Å². The van der Waals surface area contributed by atoms with E-state index in [0.717, 1.165) is 12.5 Å². The van der Waals surface area contributed by atoms with Crippen molar-refractivity contribution in [2.24, 2.45) is 5.73 Å². The standard InChI is InChI=1S/C13H20FN3O3S/c1-3-7-16-13(18)9(2)17-21(19,20)12-6-4-5-11(14)10(12)8-15/h4-6,9,17H,3,7-8,15H2,1-2H3,(H,16,18). The summed E-state index contributed by atoms with van der Waals surface area (Å²) in [4.78, 5) is 11.4. The molecule has 1 aromatic rings. The lowest BCUT2D eigenvalue weighted by Crippen LogP contribution is -2.45. The van der Waals surface area contributed by atoms with Crippen molar-refractivity contribution in [1.29, 1.82) is 0 Å². The fourth-order valence-electron chi connectivity index (χ4n) is 1.74. The normalized spacial score (nSPS) is 13.0. The second-order valence-electron chi connectivity index (χ2n) is 4.55. The maximum atomic E-state index is 13.6. The quantitative estimate of drug-likeness (QED) is 0.680. The second kappa shape index (κ2) is 7.48. The number of amides is 1. The maximum Gasteiger partial charge on any atom is 0.241 e. The molecule has 0 saturated heterocycles. The SMILES string of the molecule is CCCNC(=O)C(C)NS(=O)(=O)c1cccc(F)c1CN. The molecule has 6 nitrogen and oxygen atoms in total. The van der Waals surface area contributed by atoms with Gasteiger partial charge in [-0.25, -0.2) is 12.8 Å². The number of hydrogen-bond acceptors (Lipinski definition) is 4. The number of carbonyl (C=O) groups is 1. The summed E-state index contributed by atoms with van der Waals surface area (Å²) in [5.41, 5.74) is 5.29. The number of rotatable bonds is 7. The van der Waals surface area contributed by atoms with Crippen LogP contribution in [0, 0.1) is 5.82 Å². The molecule has 1 unspecified atom stereocenters. The van der Waals surface area contributed by atoms with Crippen molar-refractivity contribution >= 4 is 15.9 Å². The number of hydrogen-bond donors (Lipinski definition) is 3. The summed E-state index contributed by atoms with van der Waals surface area (Å²) in [6, 6.07) is 2.71. The first kappa shape index (κ1) is 17.5. The summed E-state index contributed by atoms with van der Waals surface area (Å²) in [5.74, 6) is -1.13. The van der Waals surface area contributed by atoms with Gasteiger partial charge in [0.2, 0.25) is 15.9 Å². The van der Waals surface area contributed by atoms with Gasteiger partial charge in [0.05, 0.1) is 10.9 Å². The monoisotopic (exact) mass is 317 g/mol. The van der Waals surface area contributed by atoms with E-state index < -0.39 is 27.8 Å². The lowest BCUT2D eigenvalue weighted by Gasteiger charge is -2.16. The zero-order chi connectivity index (χ0) is 16.0. The fraction of sp³-hybridized carbons (Fsp3) is 0.462. The molecule has 1 aromatic carbocycles. The molecule has 0 saturated carbocycles. The molecule has 0 bridgehead atoms. The minimum atomic E-state index is -4.03. The Morgan fingerprint density at radius 1 is 1.43 bits per heavy atom. The molecule has 1 rings (SSSR count). The highest BCUT2D eigenvalue weighted by Crippen LogP contribution is 2.18. The lowest BCUT2D eigenvalue weighted by molar-refractivity contribution is -0.122. The Labute approximate surface area is 124 Å². The van der Waals surface area contributed by atoms with Gasteiger partial charge < -0.3 is 11.1 Å². The molecule has 0 aliphatic heterocycles. The predicted octanol–water partition coefficient (Wildman–Crippen LogP) is 0.477. The molecule has 21 heavy (non-hydrogen) atoms. The van der Waals surface area contributed by atoms with Crippen molar-refractivity contribution in [2.75, 3.05) is 6.54 Å². The topological polar surface area (TPSA) is 101 Å². The van der Waals surface area contributed by atoms with Gasteiger partial charge in [0.1, 0.15) is 5.82 Å². The van der Waals surface area contributed by atoms with Crippen LogP contribution in [-0.4, -0.2) is 26.9 Å². The highest BCUT2D eigenvalue weighted by atomic mass is 32.2. The Morgan fingerprint density at radius 2 is 2.10 bits per heavy atom.